The molecule has 3 aliphatic heterocycles. The number of rotatable bonds is 25. The first-order valence-electron chi connectivity index (χ1n) is 22.6. The molecule has 10 unspecified atom stereocenters. The van der Waals surface area contributed by atoms with Crippen molar-refractivity contribution in [2.45, 2.75) is 74.4 Å². The molecule has 7 heterocycles. The van der Waals surface area contributed by atoms with Gasteiger partial charge in [0.2, 0.25) is 11.9 Å². The number of nitrogen functional groups attached to an aromatic ring is 3. The number of phosphoric acid groups is 4. The molecule has 16 atom stereocenters. The van der Waals surface area contributed by atoms with Crippen LogP contribution in [0.2, 0.25) is 0 Å². The first-order valence-corrected chi connectivity index (χ1v) is 30.1. The summed E-state index contributed by atoms with van der Waals surface area (Å²) in [6.45, 7) is 1.87. The van der Waals surface area contributed by atoms with Crippen molar-refractivity contribution in [2.24, 2.45) is 10.9 Å². The van der Waals surface area contributed by atoms with Gasteiger partial charge in [-0.25, -0.2) is 33.2 Å². The maximum Gasteiger partial charge on any atom is 0.490 e. The van der Waals surface area contributed by atoms with Crippen molar-refractivity contribution in [2.75, 3.05) is 91.6 Å². The van der Waals surface area contributed by atoms with Crippen LogP contribution in [-0.2, 0) is 68.7 Å². The molecule has 14 N–H and O–H groups in total. The van der Waals surface area contributed by atoms with E-state index in [0.29, 0.717) is 0 Å². The standard InChI is InChI=1S/C36H56IN15O23P4/c1-14-21(53)15(70-32(14)50(5)28-19(41-2)30(55)47-35(39)45-28)8-67-76(57,58)73-24-17(72-34(25(24)66-7)52-13-44-18-26(38)42-12-43-27(18)52)10-69-78(61,62)75-79(63,64)74-77(59,60)68-9-16-23(65-6)22(54)33(71-16)51(11-37)29-20(49(3)4)31(56)48-36(40)46-29/h12-17,21-25,32-34,53-54H,2,8-11H2,1,3-7H3,(H,57,58)(H,59,60)(H,61,62)(H,63,64)(H2,38,42,43)(H3,39,45,47,55)(H3,40,46,48,56)/t14?,15-,16-,17-,21?,22?,23?,24?,25?,32-,33-,34-/m1/s1. The van der Waals surface area contributed by atoms with Gasteiger partial charge in [-0.2, -0.15) is 18.6 Å². The Bertz CT molecular complexity index is 3180. The molecule has 43 heteroatoms. The number of ether oxygens (including phenoxy) is 5. The topological polar surface area (TPSA) is 526 Å². The number of alkyl halides is 1. The fraction of sp³-hybridized carbons (Fsp3) is 0.611. The zero-order valence-corrected chi connectivity index (χ0v) is 47.8. The summed E-state index contributed by atoms with van der Waals surface area (Å²) in [5.41, 5.74) is 16.1. The Hall–Kier alpha value is -4.25. The summed E-state index contributed by atoms with van der Waals surface area (Å²) in [5, 5.41) is 22.4. The van der Waals surface area contributed by atoms with E-state index in [2.05, 4.69) is 55.2 Å². The van der Waals surface area contributed by atoms with Gasteiger partial charge in [0.1, 0.15) is 66.5 Å². The van der Waals surface area contributed by atoms with Crippen molar-refractivity contribution in [3.8, 4) is 0 Å². The van der Waals surface area contributed by atoms with Crippen LogP contribution in [-0.4, -0.2) is 197 Å². The van der Waals surface area contributed by atoms with Crippen LogP contribution in [0.1, 0.15) is 13.2 Å². The predicted octanol–water partition coefficient (Wildman–Crippen LogP) is -1.22. The van der Waals surface area contributed by atoms with Crippen molar-refractivity contribution in [3.05, 3.63) is 33.4 Å². The lowest BCUT2D eigenvalue weighted by molar-refractivity contribution is -0.0577. The van der Waals surface area contributed by atoms with Gasteiger partial charge in [0, 0.05) is 41.3 Å². The molecule has 3 saturated heterocycles. The number of fused-ring (bicyclic) bond motifs is 1. The number of halogens is 1. The smallest absolute Gasteiger partial charge is 0.390 e. The second-order valence-electron chi connectivity index (χ2n) is 17.5. The van der Waals surface area contributed by atoms with E-state index in [4.69, 9.17) is 59.0 Å². The van der Waals surface area contributed by atoms with Gasteiger partial charge >= 0.3 is 31.3 Å². The summed E-state index contributed by atoms with van der Waals surface area (Å²) in [4.78, 5) is 101. The third kappa shape index (κ3) is 13.8. The molecule has 79 heavy (non-hydrogen) atoms. The highest BCUT2D eigenvalue weighted by atomic mass is 127. The van der Waals surface area contributed by atoms with E-state index in [0.717, 1.165) is 20.5 Å². The number of aliphatic hydroxyl groups excluding tert-OH is 2. The SMILES string of the molecule is C=Nc1c(N(C)[C@@H]2O[C@H](COP(=O)(O)OC3C(OC)[C@H](n4cnc5c(N)ncnc54)O[C@@H]3COP(=O)(O)OP(=O)(O)OP(=O)(O)OC[C@H]3O[C@@H](N(CI)c4nc(N)[nH]c(=O)c4N(C)C)C(O)C3OC)C(O)C2C)nc(N)[nH]c1=O. The number of aliphatic imine (C=N–C) groups is 1. The normalized spacial score (nSPS) is 29.2. The second-order valence-corrected chi connectivity index (χ2v) is 24.2. The third-order valence-corrected chi connectivity index (χ3v) is 18.1. The number of aromatic amines is 2. The van der Waals surface area contributed by atoms with E-state index in [9.17, 15) is 57.6 Å². The van der Waals surface area contributed by atoms with E-state index in [-0.39, 0.29) is 56.4 Å². The number of hydrogen-bond acceptors (Lipinski definition) is 31. The van der Waals surface area contributed by atoms with Crippen LogP contribution in [0.5, 0.6) is 0 Å². The Morgan fingerprint density at radius 2 is 1.32 bits per heavy atom. The molecule has 0 spiro atoms. The highest BCUT2D eigenvalue weighted by Gasteiger charge is 2.54. The minimum absolute atomic E-state index is 0.0168. The maximum atomic E-state index is 13.8. The predicted molar refractivity (Wildman–Crippen MR) is 280 cm³/mol. The molecular formula is C36H56IN15O23P4. The summed E-state index contributed by atoms with van der Waals surface area (Å²) in [6, 6.07) is 0. The highest BCUT2D eigenvalue weighted by Crippen LogP contribution is 2.68. The number of hydrogen-bond donors (Lipinski definition) is 11. The third-order valence-electron chi connectivity index (χ3n) is 12.2. The summed E-state index contributed by atoms with van der Waals surface area (Å²) in [5.74, 6) is -1.49. The molecule has 0 aromatic carbocycles. The number of H-pyrrole nitrogens is 2. The maximum absolute atomic E-state index is 13.8. The van der Waals surface area contributed by atoms with E-state index < -0.39 is 136 Å². The molecule has 38 nitrogen and oxygen atoms in total. The number of anilines is 6. The van der Waals surface area contributed by atoms with E-state index in [1.54, 1.807) is 21.0 Å². The van der Waals surface area contributed by atoms with Gasteiger partial charge in [-0.15, -0.1) is 0 Å². The fourth-order valence-corrected chi connectivity index (χ4v) is 13.9. The van der Waals surface area contributed by atoms with Crippen LogP contribution in [0.4, 0.5) is 40.7 Å². The van der Waals surface area contributed by atoms with Gasteiger partial charge in [-0.3, -0.25) is 47.2 Å². The number of nitrogens with zero attached hydrogens (tertiary/aromatic N) is 10. The highest BCUT2D eigenvalue weighted by molar-refractivity contribution is 14.1. The first kappa shape index (κ1) is 62.4. The number of aromatic nitrogens is 8. The molecule has 0 radical (unpaired) electrons. The van der Waals surface area contributed by atoms with Crippen molar-refractivity contribution in [1.29, 1.82) is 0 Å². The fourth-order valence-electron chi connectivity index (χ4n) is 8.69. The van der Waals surface area contributed by atoms with E-state index in [1.165, 1.54) is 32.6 Å². The molecule has 0 saturated carbocycles. The van der Waals surface area contributed by atoms with Crippen LogP contribution < -0.4 is 43.0 Å². The van der Waals surface area contributed by atoms with Gasteiger partial charge in [0.05, 0.1) is 36.8 Å². The molecule has 3 aliphatic rings. The number of nitrogens with two attached hydrogens (primary N) is 3. The average molecular weight is 1320 g/mol. The lowest BCUT2D eigenvalue weighted by Gasteiger charge is -2.32. The summed E-state index contributed by atoms with van der Waals surface area (Å²) >= 11 is 1.89. The van der Waals surface area contributed by atoms with Crippen molar-refractivity contribution < 1.29 is 98.4 Å². The van der Waals surface area contributed by atoms with Gasteiger partial charge in [0.25, 0.3) is 11.1 Å². The first-order chi connectivity index (χ1) is 37.0. The number of nitrogens with one attached hydrogen (secondary N) is 2. The van der Waals surface area contributed by atoms with Gasteiger partial charge in [-0.1, -0.05) is 29.5 Å². The quantitative estimate of drug-likeness (QED) is 0.0122. The number of methoxy groups -OCH3 is 2. The Balaban J connectivity index is 1.03. The summed E-state index contributed by atoms with van der Waals surface area (Å²) in [7, 11) is -16.5. The molecule has 0 bridgehead atoms. The van der Waals surface area contributed by atoms with Crippen LogP contribution in [0, 0.1) is 5.92 Å². The Morgan fingerprint density at radius 3 is 1.90 bits per heavy atom. The average Bonchev–Trinajstić information content (AvgIpc) is 4.13. The molecule has 440 valence electrons. The van der Waals surface area contributed by atoms with Crippen molar-refractivity contribution >= 4 is 112 Å². The Labute approximate surface area is 459 Å². The zero-order chi connectivity index (χ0) is 58.3. The van der Waals surface area contributed by atoms with Crippen LogP contribution in [0.15, 0.2) is 27.2 Å². The summed E-state index contributed by atoms with van der Waals surface area (Å²) in [6.07, 6.45) is -13.8. The number of imidazole rings is 1. The minimum Gasteiger partial charge on any atom is -0.390 e. The number of phosphoric ester groups is 3. The lowest BCUT2D eigenvalue weighted by atomic mass is 10.0. The largest absolute Gasteiger partial charge is 0.490 e. The Kier molecular flexibility index (Phi) is 19.5. The van der Waals surface area contributed by atoms with Gasteiger partial charge in [-0.05, 0) is 6.72 Å². The van der Waals surface area contributed by atoms with Crippen molar-refractivity contribution in [3.63, 3.8) is 0 Å². The van der Waals surface area contributed by atoms with Crippen LogP contribution in [0.3, 0.4) is 0 Å². The molecule has 3 fully saturated rings. The van der Waals surface area contributed by atoms with E-state index >= 15 is 0 Å². The monoisotopic (exact) mass is 1320 g/mol. The molecule has 4 aromatic heterocycles. The lowest BCUT2D eigenvalue weighted by Crippen LogP contribution is -2.45. The second kappa shape index (κ2) is 24.7. The molecule has 0 amide bonds. The van der Waals surface area contributed by atoms with E-state index in [1.807, 2.05) is 22.6 Å². The van der Waals surface area contributed by atoms with Gasteiger partial charge in [0.15, 0.2) is 41.2 Å². The number of aliphatic hydroxyl groups is 2. The van der Waals surface area contributed by atoms with Crippen LogP contribution >= 0.6 is 53.9 Å². The van der Waals surface area contributed by atoms with Crippen LogP contribution in [0.25, 0.3) is 11.2 Å². The Morgan fingerprint density at radius 1 is 0.759 bits per heavy atom. The molecule has 4 aromatic rings. The molecule has 0 aliphatic carbocycles. The summed E-state index contributed by atoms with van der Waals surface area (Å²) < 4.78 is 113. The van der Waals surface area contributed by atoms with Gasteiger partial charge < -0.3 is 85.4 Å². The zero-order valence-electron chi connectivity index (χ0n) is 42.1. The molecule has 7 rings (SSSR count). The molecular weight excluding hydrogens is 1260 g/mol. The van der Waals surface area contributed by atoms with Crippen molar-refractivity contribution in [1.82, 2.24) is 39.5 Å². The minimum atomic E-state index is -6.18.